The van der Waals surface area contributed by atoms with Gasteiger partial charge in [0.25, 0.3) is 0 Å². The number of nitrogens with zero attached hydrogens (tertiary/aromatic N) is 2. The van der Waals surface area contributed by atoms with Gasteiger partial charge in [-0.05, 0) is 30.5 Å². The molecule has 1 fully saturated rings. The third kappa shape index (κ3) is 2.03. The monoisotopic (exact) mass is 218 g/mol. The molecule has 0 aromatic heterocycles. The van der Waals surface area contributed by atoms with Gasteiger partial charge < -0.3 is 4.90 Å². The van der Waals surface area contributed by atoms with E-state index in [4.69, 9.17) is 0 Å². The predicted molar refractivity (Wildman–Crippen MR) is 65.8 cm³/mol. The fraction of sp³-hybridized carbons (Fsp3) is 0.462. The Morgan fingerprint density at radius 2 is 2.12 bits per heavy atom. The third-order valence-corrected chi connectivity index (χ3v) is 3.06. The first kappa shape index (κ1) is 11.0. The van der Waals surface area contributed by atoms with Crippen LogP contribution in [-0.2, 0) is 6.42 Å². The van der Waals surface area contributed by atoms with Crippen LogP contribution in [0.2, 0.25) is 0 Å². The Balaban J connectivity index is 2.25. The number of hydrogen-bond donors (Lipinski definition) is 0. The number of urea groups is 1. The van der Waals surface area contributed by atoms with E-state index >= 15 is 0 Å². The second-order valence-electron chi connectivity index (χ2n) is 4.23. The van der Waals surface area contributed by atoms with Crippen LogP contribution in [0.25, 0.3) is 0 Å². The number of amides is 2. The van der Waals surface area contributed by atoms with Crippen molar-refractivity contribution < 1.29 is 4.79 Å². The van der Waals surface area contributed by atoms with E-state index < -0.39 is 0 Å². The number of hydrogen-bond acceptors (Lipinski definition) is 1. The highest BCUT2D eigenvalue weighted by Gasteiger charge is 2.23. The van der Waals surface area contributed by atoms with Gasteiger partial charge in [-0.1, -0.05) is 19.1 Å². The molecule has 1 heterocycles. The molecule has 3 nitrogen and oxygen atoms in total. The van der Waals surface area contributed by atoms with E-state index in [1.165, 1.54) is 5.56 Å². The van der Waals surface area contributed by atoms with Gasteiger partial charge in [-0.2, -0.15) is 0 Å². The number of carbonyl (C=O) groups is 1. The van der Waals surface area contributed by atoms with Crippen LogP contribution in [-0.4, -0.2) is 31.1 Å². The summed E-state index contributed by atoms with van der Waals surface area (Å²) in [4.78, 5) is 15.6. The summed E-state index contributed by atoms with van der Waals surface area (Å²) in [6.45, 7) is 3.82. The summed E-state index contributed by atoms with van der Waals surface area (Å²) in [5.74, 6) is 0. The van der Waals surface area contributed by atoms with Gasteiger partial charge in [-0.3, -0.25) is 4.90 Å². The number of aryl methyl sites for hydroxylation is 1. The molecule has 1 aromatic rings. The molecule has 1 saturated heterocycles. The minimum atomic E-state index is 0.111. The van der Waals surface area contributed by atoms with Gasteiger partial charge in [0.15, 0.2) is 0 Å². The predicted octanol–water partition coefficient (Wildman–Crippen LogP) is 2.51. The lowest BCUT2D eigenvalue weighted by Gasteiger charge is -2.33. The molecule has 0 spiro atoms. The Hall–Kier alpha value is -1.51. The van der Waals surface area contributed by atoms with Crippen LogP contribution in [0.3, 0.4) is 0 Å². The van der Waals surface area contributed by atoms with Gasteiger partial charge in [0.1, 0.15) is 0 Å². The maximum absolute atomic E-state index is 12.0. The first-order valence-electron chi connectivity index (χ1n) is 5.84. The fourth-order valence-corrected chi connectivity index (χ4v) is 2.05. The Labute approximate surface area is 96.7 Å². The molecule has 1 aliphatic heterocycles. The Kier molecular flexibility index (Phi) is 3.13. The lowest BCUT2D eigenvalue weighted by Crippen LogP contribution is -2.47. The van der Waals surface area contributed by atoms with Crippen molar-refractivity contribution in [2.45, 2.75) is 19.8 Å². The summed E-state index contributed by atoms with van der Waals surface area (Å²) in [6.07, 6.45) is 2.05. The summed E-state index contributed by atoms with van der Waals surface area (Å²) < 4.78 is 0. The molecule has 0 unspecified atom stereocenters. The van der Waals surface area contributed by atoms with E-state index in [2.05, 4.69) is 19.1 Å². The molecular formula is C13H18N2O. The van der Waals surface area contributed by atoms with Crippen molar-refractivity contribution >= 4 is 11.7 Å². The van der Waals surface area contributed by atoms with Gasteiger partial charge in [0, 0.05) is 25.8 Å². The third-order valence-electron chi connectivity index (χ3n) is 3.06. The Morgan fingerprint density at radius 1 is 1.31 bits per heavy atom. The molecule has 0 saturated carbocycles. The zero-order chi connectivity index (χ0) is 11.5. The average molecular weight is 218 g/mol. The SMILES string of the molecule is CCc1cccc(N2CCCN(C)C2=O)c1. The molecule has 2 amide bonds. The van der Waals surface area contributed by atoms with Crippen molar-refractivity contribution in [3.63, 3.8) is 0 Å². The van der Waals surface area contributed by atoms with Crippen LogP contribution in [0.5, 0.6) is 0 Å². The van der Waals surface area contributed by atoms with Crippen molar-refractivity contribution in [1.82, 2.24) is 4.90 Å². The van der Waals surface area contributed by atoms with Gasteiger partial charge in [0.2, 0.25) is 0 Å². The van der Waals surface area contributed by atoms with Crippen LogP contribution < -0.4 is 4.90 Å². The van der Waals surface area contributed by atoms with Crippen molar-refractivity contribution in [3.8, 4) is 0 Å². The molecule has 0 bridgehead atoms. The fourth-order valence-electron chi connectivity index (χ4n) is 2.05. The molecule has 0 radical (unpaired) electrons. The van der Waals surface area contributed by atoms with Gasteiger partial charge >= 0.3 is 6.03 Å². The Morgan fingerprint density at radius 3 is 2.88 bits per heavy atom. The number of carbonyl (C=O) groups excluding carboxylic acids is 1. The average Bonchev–Trinajstić information content (AvgIpc) is 2.33. The second-order valence-corrected chi connectivity index (χ2v) is 4.23. The molecule has 2 rings (SSSR count). The van der Waals surface area contributed by atoms with E-state index in [0.29, 0.717) is 0 Å². The first-order chi connectivity index (χ1) is 7.72. The van der Waals surface area contributed by atoms with E-state index in [0.717, 1.165) is 31.6 Å². The zero-order valence-electron chi connectivity index (χ0n) is 9.94. The molecule has 86 valence electrons. The number of anilines is 1. The van der Waals surface area contributed by atoms with Crippen molar-refractivity contribution in [3.05, 3.63) is 29.8 Å². The topological polar surface area (TPSA) is 23.6 Å². The summed E-state index contributed by atoms with van der Waals surface area (Å²) in [5, 5.41) is 0. The highest BCUT2D eigenvalue weighted by atomic mass is 16.2. The molecule has 0 atom stereocenters. The first-order valence-corrected chi connectivity index (χ1v) is 5.84. The van der Waals surface area contributed by atoms with Gasteiger partial charge in [0.05, 0.1) is 0 Å². The van der Waals surface area contributed by atoms with Crippen molar-refractivity contribution in [1.29, 1.82) is 0 Å². The summed E-state index contributed by atoms with van der Waals surface area (Å²) in [7, 11) is 1.86. The van der Waals surface area contributed by atoms with Crippen LogP contribution in [0.1, 0.15) is 18.9 Å². The Bertz CT molecular complexity index is 389. The van der Waals surface area contributed by atoms with E-state index in [1.54, 1.807) is 4.90 Å². The summed E-state index contributed by atoms with van der Waals surface area (Å²) >= 11 is 0. The molecular weight excluding hydrogens is 200 g/mol. The lowest BCUT2D eigenvalue weighted by atomic mass is 10.1. The van der Waals surface area contributed by atoms with Gasteiger partial charge in [-0.15, -0.1) is 0 Å². The normalized spacial score (nSPS) is 16.8. The maximum Gasteiger partial charge on any atom is 0.324 e. The molecule has 0 N–H and O–H groups in total. The van der Waals surface area contributed by atoms with E-state index in [1.807, 2.05) is 24.1 Å². The smallest absolute Gasteiger partial charge is 0.324 e. The summed E-state index contributed by atoms with van der Waals surface area (Å²) in [6, 6.07) is 8.35. The van der Waals surface area contributed by atoms with Crippen LogP contribution in [0.15, 0.2) is 24.3 Å². The van der Waals surface area contributed by atoms with Crippen molar-refractivity contribution in [2.75, 3.05) is 25.0 Å². The second kappa shape index (κ2) is 4.56. The van der Waals surface area contributed by atoms with E-state index in [9.17, 15) is 4.79 Å². The minimum Gasteiger partial charge on any atom is -0.327 e. The lowest BCUT2D eigenvalue weighted by molar-refractivity contribution is 0.207. The van der Waals surface area contributed by atoms with Crippen molar-refractivity contribution in [2.24, 2.45) is 0 Å². The van der Waals surface area contributed by atoms with Gasteiger partial charge in [-0.25, -0.2) is 4.79 Å². The summed E-state index contributed by atoms with van der Waals surface area (Å²) in [5.41, 5.74) is 2.30. The van der Waals surface area contributed by atoms with E-state index in [-0.39, 0.29) is 6.03 Å². The zero-order valence-corrected chi connectivity index (χ0v) is 9.94. The number of rotatable bonds is 2. The van der Waals surface area contributed by atoms with Crippen LogP contribution in [0, 0.1) is 0 Å². The minimum absolute atomic E-state index is 0.111. The molecule has 0 aliphatic carbocycles. The van der Waals surface area contributed by atoms with Crippen LogP contribution in [0.4, 0.5) is 10.5 Å². The van der Waals surface area contributed by atoms with Crippen LogP contribution >= 0.6 is 0 Å². The number of benzene rings is 1. The maximum atomic E-state index is 12.0. The standard InChI is InChI=1S/C13H18N2O/c1-3-11-6-4-7-12(10-11)15-9-5-8-14(2)13(15)16/h4,6-7,10H,3,5,8-9H2,1-2H3. The quantitative estimate of drug-likeness (QED) is 0.748. The molecule has 1 aliphatic rings. The molecule has 16 heavy (non-hydrogen) atoms. The molecule has 3 heteroatoms. The molecule has 1 aromatic carbocycles. The highest BCUT2D eigenvalue weighted by Crippen LogP contribution is 2.20. The largest absolute Gasteiger partial charge is 0.327 e. The highest BCUT2D eigenvalue weighted by molar-refractivity contribution is 5.92.